The molecule has 1 aromatic carbocycles. The fraction of sp³-hybridized carbons (Fsp3) is 0.500. The molecule has 0 aromatic heterocycles. The van der Waals surface area contributed by atoms with Gasteiger partial charge in [-0.3, -0.25) is 0 Å². The van der Waals surface area contributed by atoms with Crippen molar-refractivity contribution in [2.24, 2.45) is 0 Å². The Morgan fingerprint density at radius 3 is 2.88 bits per heavy atom. The molecule has 1 unspecified atom stereocenters. The average molecular weight is 225 g/mol. The van der Waals surface area contributed by atoms with Crippen LogP contribution in [0.1, 0.15) is 18.4 Å². The molecule has 0 radical (unpaired) electrons. The van der Waals surface area contributed by atoms with Gasteiger partial charge in [-0.15, -0.1) is 0 Å². The number of hydrogen-bond donors (Lipinski definition) is 2. The van der Waals surface area contributed by atoms with Gasteiger partial charge in [0.25, 0.3) is 0 Å². The summed E-state index contributed by atoms with van der Waals surface area (Å²) in [6.45, 7) is 0.772. The van der Waals surface area contributed by atoms with E-state index in [0.29, 0.717) is 5.56 Å². The molecule has 1 fully saturated rings. The van der Waals surface area contributed by atoms with Crippen LogP contribution in [0.4, 0.5) is 10.1 Å². The molecule has 2 N–H and O–H groups in total. The van der Waals surface area contributed by atoms with Gasteiger partial charge in [0.05, 0.1) is 19.3 Å². The number of rotatable bonds is 3. The summed E-state index contributed by atoms with van der Waals surface area (Å²) in [6.07, 6.45) is 1.96. The number of halogens is 1. The summed E-state index contributed by atoms with van der Waals surface area (Å²) in [5.41, 5.74) is 1.42. The number of aliphatic hydroxyl groups is 2. The minimum absolute atomic E-state index is 0.0933. The largest absolute Gasteiger partial charge is 0.394 e. The Morgan fingerprint density at radius 2 is 2.19 bits per heavy atom. The zero-order chi connectivity index (χ0) is 11.5. The summed E-state index contributed by atoms with van der Waals surface area (Å²) in [5, 5.41) is 18.4. The Balaban J connectivity index is 2.31. The van der Waals surface area contributed by atoms with E-state index in [1.54, 1.807) is 6.07 Å². The lowest BCUT2D eigenvalue weighted by Crippen LogP contribution is -2.32. The molecule has 1 saturated heterocycles. The number of anilines is 1. The van der Waals surface area contributed by atoms with E-state index < -0.39 is 0 Å². The van der Waals surface area contributed by atoms with Crippen molar-refractivity contribution in [1.82, 2.24) is 0 Å². The lowest BCUT2D eigenvalue weighted by molar-refractivity contribution is 0.264. The SMILES string of the molecule is OCc1cc(F)ccc1N1CCCC1CO. The zero-order valence-electron chi connectivity index (χ0n) is 9.06. The second-order valence-corrected chi connectivity index (χ2v) is 4.10. The fourth-order valence-corrected chi connectivity index (χ4v) is 2.30. The minimum atomic E-state index is -0.340. The average Bonchev–Trinajstić information content (AvgIpc) is 2.76. The number of nitrogens with zero attached hydrogens (tertiary/aromatic N) is 1. The predicted octanol–water partition coefficient (Wildman–Crippen LogP) is 1.28. The number of aliphatic hydroxyl groups excluding tert-OH is 2. The quantitative estimate of drug-likeness (QED) is 0.814. The Labute approximate surface area is 94.1 Å². The maximum atomic E-state index is 13.0. The van der Waals surface area contributed by atoms with Crippen molar-refractivity contribution < 1.29 is 14.6 Å². The monoisotopic (exact) mass is 225 g/mol. The molecule has 0 saturated carbocycles. The van der Waals surface area contributed by atoms with E-state index in [1.165, 1.54) is 12.1 Å². The van der Waals surface area contributed by atoms with E-state index in [0.717, 1.165) is 25.1 Å². The van der Waals surface area contributed by atoms with E-state index >= 15 is 0 Å². The van der Waals surface area contributed by atoms with Gasteiger partial charge in [0.1, 0.15) is 5.82 Å². The van der Waals surface area contributed by atoms with Crippen LogP contribution in [0.15, 0.2) is 18.2 Å². The van der Waals surface area contributed by atoms with Crippen LogP contribution >= 0.6 is 0 Å². The maximum absolute atomic E-state index is 13.0. The first-order valence-electron chi connectivity index (χ1n) is 5.53. The third kappa shape index (κ3) is 2.03. The normalized spacial score (nSPS) is 20.4. The van der Waals surface area contributed by atoms with E-state index in [2.05, 4.69) is 0 Å². The standard InChI is InChI=1S/C12H16FNO2/c13-10-3-4-12(9(6-10)7-15)14-5-1-2-11(14)8-16/h3-4,6,11,15-16H,1-2,5,7-8H2. The molecule has 1 aliphatic heterocycles. The molecular formula is C12H16FNO2. The Hall–Kier alpha value is -1.13. The van der Waals surface area contributed by atoms with Crippen molar-refractivity contribution in [1.29, 1.82) is 0 Å². The first kappa shape index (κ1) is 11.4. The van der Waals surface area contributed by atoms with Crippen LogP contribution in [0.25, 0.3) is 0 Å². The molecule has 0 spiro atoms. The van der Waals surface area contributed by atoms with Gasteiger partial charge in [-0.2, -0.15) is 0 Å². The van der Waals surface area contributed by atoms with Gasteiger partial charge in [-0.1, -0.05) is 0 Å². The van der Waals surface area contributed by atoms with Gasteiger partial charge in [-0.25, -0.2) is 4.39 Å². The molecule has 88 valence electrons. The van der Waals surface area contributed by atoms with E-state index in [9.17, 15) is 14.6 Å². The highest BCUT2D eigenvalue weighted by molar-refractivity contribution is 5.55. The van der Waals surface area contributed by atoms with E-state index in [4.69, 9.17) is 0 Å². The summed E-state index contributed by atoms with van der Waals surface area (Å²) in [4.78, 5) is 2.05. The molecule has 2 rings (SSSR count). The lowest BCUT2D eigenvalue weighted by atomic mass is 10.1. The minimum Gasteiger partial charge on any atom is -0.394 e. The third-order valence-electron chi connectivity index (χ3n) is 3.11. The Kier molecular flexibility index (Phi) is 3.41. The van der Waals surface area contributed by atoms with Crippen molar-refractivity contribution in [3.63, 3.8) is 0 Å². The molecule has 0 aliphatic carbocycles. The molecule has 1 atom stereocenters. The first-order valence-corrected chi connectivity index (χ1v) is 5.53. The highest BCUT2D eigenvalue weighted by Gasteiger charge is 2.25. The zero-order valence-corrected chi connectivity index (χ0v) is 9.06. The molecular weight excluding hydrogens is 209 g/mol. The molecule has 16 heavy (non-hydrogen) atoms. The maximum Gasteiger partial charge on any atom is 0.123 e. The van der Waals surface area contributed by atoms with Crippen molar-refractivity contribution in [3.05, 3.63) is 29.6 Å². The molecule has 0 amide bonds. The van der Waals surface area contributed by atoms with Gasteiger partial charge in [0.2, 0.25) is 0 Å². The summed E-state index contributed by atoms with van der Waals surface area (Å²) in [7, 11) is 0. The third-order valence-corrected chi connectivity index (χ3v) is 3.11. The van der Waals surface area contributed by atoms with Gasteiger partial charge in [-0.05, 0) is 31.0 Å². The highest BCUT2D eigenvalue weighted by Crippen LogP contribution is 2.29. The van der Waals surface area contributed by atoms with Gasteiger partial charge >= 0.3 is 0 Å². The van der Waals surface area contributed by atoms with Crippen LogP contribution in [-0.4, -0.2) is 29.4 Å². The first-order chi connectivity index (χ1) is 7.76. The molecule has 1 heterocycles. The van der Waals surface area contributed by atoms with Gasteiger partial charge < -0.3 is 15.1 Å². The van der Waals surface area contributed by atoms with Crippen molar-refractivity contribution in [3.8, 4) is 0 Å². The molecule has 1 aliphatic rings. The predicted molar refractivity (Wildman–Crippen MR) is 59.8 cm³/mol. The topological polar surface area (TPSA) is 43.7 Å². The van der Waals surface area contributed by atoms with Crippen molar-refractivity contribution >= 4 is 5.69 Å². The highest BCUT2D eigenvalue weighted by atomic mass is 19.1. The molecule has 0 bridgehead atoms. The summed E-state index contributed by atoms with van der Waals surface area (Å²) >= 11 is 0. The number of benzene rings is 1. The Morgan fingerprint density at radius 1 is 1.38 bits per heavy atom. The van der Waals surface area contributed by atoms with Crippen LogP contribution in [0.5, 0.6) is 0 Å². The molecule has 4 heteroatoms. The smallest absolute Gasteiger partial charge is 0.123 e. The van der Waals surface area contributed by atoms with E-state index in [1.807, 2.05) is 4.90 Å². The summed E-state index contributed by atoms with van der Waals surface area (Å²) < 4.78 is 13.0. The van der Waals surface area contributed by atoms with Crippen LogP contribution in [0.2, 0.25) is 0 Å². The van der Waals surface area contributed by atoms with Crippen LogP contribution in [0.3, 0.4) is 0 Å². The van der Waals surface area contributed by atoms with Crippen LogP contribution < -0.4 is 4.90 Å². The summed E-state index contributed by atoms with van der Waals surface area (Å²) in [5.74, 6) is -0.340. The summed E-state index contributed by atoms with van der Waals surface area (Å²) in [6, 6.07) is 4.51. The van der Waals surface area contributed by atoms with Gasteiger partial charge in [0, 0.05) is 17.8 Å². The molecule has 3 nitrogen and oxygen atoms in total. The second kappa shape index (κ2) is 4.80. The van der Waals surface area contributed by atoms with E-state index in [-0.39, 0.29) is 25.1 Å². The molecule has 1 aromatic rings. The fourth-order valence-electron chi connectivity index (χ4n) is 2.30. The number of hydrogen-bond acceptors (Lipinski definition) is 3. The van der Waals surface area contributed by atoms with Crippen molar-refractivity contribution in [2.75, 3.05) is 18.1 Å². The lowest BCUT2D eigenvalue weighted by Gasteiger charge is -2.27. The van der Waals surface area contributed by atoms with Crippen molar-refractivity contribution in [2.45, 2.75) is 25.5 Å². The van der Waals surface area contributed by atoms with Crippen LogP contribution in [-0.2, 0) is 6.61 Å². The van der Waals surface area contributed by atoms with Crippen LogP contribution in [0, 0.1) is 5.82 Å². The Bertz CT molecular complexity index is 370. The van der Waals surface area contributed by atoms with Gasteiger partial charge in [0.15, 0.2) is 0 Å². The second-order valence-electron chi connectivity index (χ2n) is 4.10.